The lowest BCUT2D eigenvalue weighted by atomic mass is 9.74. The second kappa shape index (κ2) is 17.2. The van der Waals surface area contributed by atoms with Crippen molar-refractivity contribution in [3.8, 4) is 11.5 Å². The third kappa shape index (κ3) is 7.81. The molecule has 3 aliphatic rings. The summed E-state index contributed by atoms with van der Waals surface area (Å²) in [6.45, 7) is 24.6. The van der Waals surface area contributed by atoms with E-state index in [9.17, 15) is 4.79 Å². The summed E-state index contributed by atoms with van der Waals surface area (Å²) >= 11 is 0. The van der Waals surface area contributed by atoms with E-state index in [1.165, 1.54) is 0 Å². The summed E-state index contributed by atoms with van der Waals surface area (Å²) in [5.41, 5.74) is 5.35. The summed E-state index contributed by atoms with van der Waals surface area (Å²) in [7, 11) is 4.49. The number of fused-ring (bicyclic) bond motifs is 6. The van der Waals surface area contributed by atoms with Crippen molar-refractivity contribution in [1.82, 2.24) is 24.9 Å². The Hall–Kier alpha value is -3.63. The first-order valence-electron chi connectivity index (χ1n) is 20.4. The van der Waals surface area contributed by atoms with Crippen LogP contribution in [0.4, 0.5) is 11.4 Å². The Morgan fingerprint density at radius 2 is 1.30 bits per heavy atom. The highest BCUT2D eigenvalue weighted by atomic mass is 16.5. The fourth-order valence-corrected chi connectivity index (χ4v) is 8.81. The number of ether oxygens (including phenoxy) is 1. The molecule has 0 aliphatic carbocycles. The molecule has 0 saturated carbocycles. The lowest BCUT2D eigenvalue weighted by Gasteiger charge is -2.45. The molecule has 1 amide bonds. The average Bonchev–Trinajstić information content (AvgIpc) is 3.41. The Kier molecular flexibility index (Phi) is 12.7. The first kappa shape index (κ1) is 39.1. The van der Waals surface area contributed by atoms with E-state index in [2.05, 4.69) is 139 Å². The number of anilines is 2. The van der Waals surface area contributed by atoms with Crippen molar-refractivity contribution in [3.05, 3.63) is 82.9 Å². The number of rotatable bonds is 9. The molecule has 0 radical (unpaired) electrons. The van der Waals surface area contributed by atoms with Gasteiger partial charge in [-0.15, -0.1) is 0 Å². The fourth-order valence-electron chi connectivity index (χ4n) is 8.81. The molecule has 9 nitrogen and oxygen atoms in total. The van der Waals surface area contributed by atoms with E-state index in [4.69, 9.17) is 4.74 Å². The van der Waals surface area contributed by atoms with Crippen LogP contribution in [0.15, 0.2) is 60.7 Å². The van der Waals surface area contributed by atoms with Gasteiger partial charge in [0.05, 0.1) is 0 Å². The molecule has 3 aromatic carbocycles. The van der Waals surface area contributed by atoms with Crippen LogP contribution in [0.5, 0.6) is 11.5 Å². The van der Waals surface area contributed by atoms with Gasteiger partial charge in [0.1, 0.15) is 17.0 Å². The molecule has 53 heavy (non-hydrogen) atoms. The van der Waals surface area contributed by atoms with Crippen LogP contribution in [0.3, 0.4) is 0 Å². The highest BCUT2D eigenvalue weighted by molar-refractivity contribution is 6.02. The van der Waals surface area contributed by atoms with Gasteiger partial charge in [-0.05, 0) is 105 Å². The van der Waals surface area contributed by atoms with Gasteiger partial charge < -0.3 is 34.6 Å². The molecule has 288 valence electrons. The van der Waals surface area contributed by atoms with E-state index in [-0.39, 0.29) is 5.91 Å². The fraction of sp³-hybridized carbons (Fsp3) is 0.568. The molecule has 9 heteroatoms. The maximum Gasteiger partial charge on any atom is 0.255 e. The van der Waals surface area contributed by atoms with Crippen LogP contribution < -0.4 is 19.9 Å². The standard InChI is InChI=1S/C44H65N7O2/c1-9-48(10-2)35-17-19-39-41(31-35)53-42-32-36(49(11-3)12-4)18-20-40(42)44(39)38-16-14-13-15-37(38)43(52)51(44)30-29-50-28-27-47(8)24-21-33(5)45-23-26-46(7)25-22-34(50)6/h13-20,31-34,45H,9-12,21-30H2,1-8H3. The average molecular weight is 724 g/mol. The Bertz CT molecular complexity index is 1630. The van der Waals surface area contributed by atoms with E-state index < -0.39 is 5.54 Å². The van der Waals surface area contributed by atoms with Crippen LogP contribution in [-0.4, -0.2) is 130 Å². The molecular formula is C44H65N7O2. The zero-order valence-corrected chi connectivity index (χ0v) is 33.8. The maximum absolute atomic E-state index is 14.9. The number of benzene rings is 3. The molecule has 1 N–H and O–H groups in total. The highest BCUT2D eigenvalue weighted by Crippen LogP contribution is 2.58. The predicted molar refractivity (Wildman–Crippen MR) is 220 cm³/mol. The molecule has 0 bridgehead atoms. The Balaban J connectivity index is 1.43. The van der Waals surface area contributed by atoms with E-state index in [0.29, 0.717) is 18.6 Å². The Morgan fingerprint density at radius 1 is 0.717 bits per heavy atom. The van der Waals surface area contributed by atoms with E-state index in [1.807, 2.05) is 12.1 Å². The van der Waals surface area contributed by atoms with Gasteiger partial charge >= 0.3 is 0 Å². The van der Waals surface area contributed by atoms with Crippen LogP contribution in [0.2, 0.25) is 0 Å². The number of carbonyl (C=O) groups excluding carboxylic acids is 1. The number of nitrogens with one attached hydrogen (secondary N) is 1. The molecule has 3 aromatic rings. The summed E-state index contributed by atoms with van der Waals surface area (Å²) < 4.78 is 6.94. The number of hydrogen-bond acceptors (Lipinski definition) is 8. The van der Waals surface area contributed by atoms with Gasteiger partial charge in [0.15, 0.2) is 0 Å². The molecule has 3 aliphatic heterocycles. The summed E-state index contributed by atoms with van der Waals surface area (Å²) in [4.78, 5) is 29.4. The lowest BCUT2D eigenvalue weighted by molar-refractivity contribution is 0.0604. The molecule has 3 heterocycles. The smallest absolute Gasteiger partial charge is 0.255 e. The van der Waals surface area contributed by atoms with Crippen LogP contribution >= 0.6 is 0 Å². The van der Waals surface area contributed by atoms with Gasteiger partial charge in [-0.3, -0.25) is 9.69 Å². The second-order valence-corrected chi connectivity index (χ2v) is 15.4. The van der Waals surface area contributed by atoms with E-state index in [1.54, 1.807) is 0 Å². The zero-order valence-electron chi connectivity index (χ0n) is 33.8. The molecule has 6 rings (SSSR count). The predicted octanol–water partition coefficient (Wildman–Crippen LogP) is 6.56. The van der Waals surface area contributed by atoms with Crippen molar-refractivity contribution < 1.29 is 9.53 Å². The maximum atomic E-state index is 14.9. The van der Waals surface area contributed by atoms with E-state index in [0.717, 1.165) is 130 Å². The SMILES string of the molecule is CCN(CC)c1ccc2c(c1)Oc1cc(N(CC)CC)ccc1C21c2ccccc2C(=O)N1CCN1CCN(C)CCC(C)NCCN(C)CCC1C. The highest BCUT2D eigenvalue weighted by Gasteiger charge is 2.56. The first-order chi connectivity index (χ1) is 25.7. The Labute approximate surface area is 319 Å². The number of nitrogens with zero attached hydrogens (tertiary/aromatic N) is 6. The van der Waals surface area contributed by atoms with Crippen LogP contribution in [-0.2, 0) is 5.54 Å². The molecular weight excluding hydrogens is 659 g/mol. The Morgan fingerprint density at radius 3 is 1.92 bits per heavy atom. The van der Waals surface area contributed by atoms with Crippen molar-refractivity contribution in [3.63, 3.8) is 0 Å². The van der Waals surface area contributed by atoms with Crippen LogP contribution in [0, 0.1) is 0 Å². The molecule has 2 atom stereocenters. The van der Waals surface area contributed by atoms with Crippen molar-refractivity contribution in [1.29, 1.82) is 0 Å². The molecule has 0 aromatic heterocycles. The monoisotopic (exact) mass is 724 g/mol. The van der Waals surface area contributed by atoms with Gasteiger partial charge in [-0.2, -0.15) is 0 Å². The normalized spacial score (nSPS) is 21.4. The minimum atomic E-state index is -0.813. The summed E-state index contributed by atoms with van der Waals surface area (Å²) in [5.74, 6) is 1.74. The van der Waals surface area contributed by atoms with Gasteiger partial charge in [0.25, 0.3) is 5.91 Å². The lowest BCUT2D eigenvalue weighted by Crippen LogP contribution is -2.51. The summed E-state index contributed by atoms with van der Waals surface area (Å²) in [6.07, 6.45) is 2.21. The number of hydrogen-bond donors (Lipinski definition) is 1. The molecule has 1 fully saturated rings. The minimum Gasteiger partial charge on any atom is -0.456 e. The van der Waals surface area contributed by atoms with Crippen molar-refractivity contribution in [2.45, 2.75) is 72.0 Å². The summed E-state index contributed by atoms with van der Waals surface area (Å²) in [6, 6.07) is 22.5. The number of amides is 1. The minimum absolute atomic E-state index is 0.0909. The van der Waals surface area contributed by atoms with E-state index >= 15 is 0 Å². The largest absolute Gasteiger partial charge is 0.456 e. The third-order valence-electron chi connectivity index (χ3n) is 12.2. The third-order valence-corrected chi connectivity index (χ3v) is 12.2. The van der Waals surface area contributed by atoms with Crippen LogP contribution in [0.1, 0.15) is 81.4 Å². The van der Waals surface area contributed by atoms with Crippen molar-refractivity contribution >= 4 is 17.3 Å². The topological polar surface area (TPSA) is 57.8 Å². The molecule has 1 spiro atoms. The van der Waals surface area contributed by atoms with Gasteiger partial charge in [0, 0.05) is 118 Å². The molecule has 2 unspecified atom stereocenters. The first-order valence-corrected chi connectivity index (χ1v) is 20.4. The van der Waals surface area contributed by atoms with Gasteiger partial charge in [-0.25, -0.2) is 0 Å². The van der Waals surface area contributed by atoms with Gasteiger partial charge in [0.2, 0.25) is 0 Å². The quantitative estimate of drug-likeness (QED) is 0.267. The van der Waals surface area contributed by atoms with Gasteiger partial charge in [-0.1, -0.05) is 30.3 Å². The summed E-state index contributed by atoms with van der Waals surface area (Å²) in [5, 5.41) is 3.71. The number of carbonyl (C=O) groups is 1. The zero-order chi connectivity index (χ0) is 37.7. The second-order valence-electron chi connectivity index (χ2n) is 15.4. The van der Waals surface area contributed by atoms with Crippen molar-refractivity contribution in [2.24, 2.45) is 0 Å². The van der Waals surface area contributed by atoms with Crippen LogP contribution in [0.25, 0.3) is 0 Å². The number of likely N-dealkylation sites (N-methyl/N-ethyl adjacent to an activating group) is 2. The molecule has 1 saturated heterocycles. The van der Waals surface area contributed by atoms with Crippen molar-refractivity contribution in [2.75, 3.05) is 102 Å².